The molecule has 0 aliphatic rings. The Kier molecular flexibility index (Phi) is 8.86. The molecule has 0 heterocycles. The summed E-state index contributed by atoms with van der Waals surface area (Å²) in [5.41, 5.74) is 3.27. The topological polar surface area (TPSA) is 77.0 Å². The molecule has 3 rings (SSSR count). The largest absolute Gasteiger partial charge is 0.483 e. The Labute approximate surface area is 214 Å². The number of hydrogen-bond acceptors (Lipinski definition) is 5. The second kappa shape index (κ2) is 11.6. The van der Waals surface area contributed by atoms with Crippen LogP contribution in [-0.2, 0) is 4.79 Å². The highest BCUT2D eigenvalue weighted by Crippen LogP contribution is 2.28. The fourth-order valence-corrected chi connectivity index (χ4v) is 3.84. The molecule has 10 heteroatoms. The minimum atomic E-state index is -0.513. The quantitative estimate of drug-likeness (QED) is 0.140. The summed E-state index contributed by atoms with van der Waals surface area (Å²) in [5, 5.41) is 4.47. The number of ether oxygens (including phenoxy) is 2. The molecule has 3 aromatic rings. The Morgan fingerprint density at radius 3 is 2.34 bits per heavy atom. The van der Waals surface area contributed by atoms with Gasteiger partial charge < -0.3 is 9.47 Å². The summed E-state index contributed by atoms with van der Waals surface area (Å²) in [5.74, 6) is -0.213. The monoisotopic (exact) mass is 642 g/mol. The maximum atomic E-state index is 12.4. The van der Waals surface area contributed by atoms with Crippen LogP contribution in [0.4, 0.5) is 0 Å². The lowest BCUT2D eigenvalue weighted by molar-refractivity contribution is -0.123. The molecule has 0 aliphatic carbocycles. The number of carbonyl (C=O) groups excluding carboxylic acids is 2. The van der Waals surface area contributed by atoms with Gasteiger partial charge in [0.15, 0.2) is 6.61 Å². The molecule has 0 atom stereocenters. The van der Waals surface area contributed by atoms with Crippen LogP contribution >= 0.6 is 59.4 Å². The molecule has 164 valence electrons. The van der Waals surface area contributed by atoms with Crippen LogP contribution in [0, 0.1) is 0 Å². The zero-order chi connectivity index (χ0) is 23.1. The first-order valence-corrected chi connectivity index (χ1v) is 11.7. The van der Waals surface area contributed by atoms with Gasteiger partial charge >= 0.3 is 5.97 Å². The van der Waals surface area contributed by atoms with Gasteiger partial charge in [-0.2, -0.15) is 5.10 Å². The van der Waals surface area contributed by atoms with Crippen molar-refractivity contribution in [3.8, 4) is 11.5 Å². The Morgan fingerprint density at radius 1 is 0.938 bits per heavy atom. The molecule has 6 nitrogen and oxygen atoms in total. The third-order valence-corrected chi connectivity index (χ3v) is 5.78. The van der Waals surface area contributed by atoms with Crippen molar-refractivity contribution in [2.75, 3.05) is 6.61 Å². The van der Waals surface area contributed by atoms with Crippen molar-refractivity contribution >= 4 is 77.5 Å². The average molecular weight is 646 g/mol. The highest BCUT2D eigenvalue weighted by atomic mass is 79.9. The summed E-state index contributed by atoms with van der Waals surface area (Å²) >= 11 is 15.9. The van der Waals surface area contributed by atoms with Crippen molar-refractivity contribution in [3.63, 3.8) is 0 Å². The predicted octanol–water partition coefficient (Wildman–Crippen LogP) is 6.38. The standard InChI is InChI=1S/C22H14Br3ClN2O4/c23-15-3-1-13(2-4-15)22(30)32-19-7-5-16(24)9-14(19)11-27-28-21(29)12-31-20-8-6-17(26)10-18(20)25/h1-11H,12H2,(H,28,29)/b27-11-. The molecule has 0 radical (unpaired) electrons. The van der Waals surface area contributed by atoms with Crippen molar-refractivity contribution in [2.24, 2.45) is 5.10 Å². The van der Waals surface area contributed by atoms with Crippen LogP contribution in [0.15, 0.2) is 79.2 Å². The third-order valence-electron chi connectivity index (χ3n) is 3.90. The van der Waals surface area contributed by atoms with Crippen LogP contribution in [0.1, 0.15) is 15.9 Å². The summed E-state index contributed by atoms with van der Waals surface area (Å²) in [4.78, 5) is 24.5. The van der Waals surface area contributed by atoms with Gasteiger partial charge in [0, 0.05) is 19.5 Å². The van der Waals surface area contributed by atoms with Crippen molar-refractivity contribution in [1.82, 2.24) is 5.43 Å². The zero-order valence-electron chi connectivity index (χ0n) is 16.2. The maximum absolute atomic E-state index is 12.4. The van der Waals surface area contributed by atoms with Gasteiger partial charge in [0.05, 0.1) is 16.3 Å². The molecule has 0 spiro atoms. The minimum Gasteiger partial charge on any atom is -0.483 e. The summed E-state index contributed by atoms with van der Waals surface area (Å²) in [7, 11) is 0. The van der Waals surface area contributed by atoms with Gasteiger partial charge in [-0.15, -0.1) is 0 Å². The number of esters is 1. The number of benzene rings is 3. The zero-order valence-corrected chi connectivity index (χ0v) is 21.7. The van der Waals surface area contributed by atoms with Crippen LogP contribution < -0.4 is 14.9 Å². The first-order chi connectivity index (χ1) is 15.3. The van der Waals surface area contributed by atoms with Gasteiger partial charge in [-0.05, 0) is 76.6 Å². The average Bonchev–Trinajstić information content (AvgIpc) is 2.75. The van der Waals surface area contributed by atoms with E-state index >= 15 is 0 Å². The Morgan fingerprint density at radius 2 is 1.62 bits per heavy atom. The van der Waals surface area contributed by atoms with Gasteiger partial charge in [0.2, 0.25) is 0 Å². The summed E-state index contributed by atoms with van der Waals surface area (Å²) in [6.07, 6.45) is 1.38. The Hall–Kier alpha value is -2.20. The first kappa shape index (κ1) is 24.4. The molecule has 0 unspecified atom stereocenters. The van der Waals surface area contributed by atoms with E-state index in [1.54, 1.807) is 60.7 Å². The minimum absolute atomic E-state index is 0.249. The van der Waals surface area contributed by atoms with Crippen molar-refractivity contribution in [1.29, 1.82) is 0 Å². The molecule has 0 bridgehead atoms. The second-order valence-electron chi connectivity index (χ2n) is 6.24. The molecule has 3 aromatic carbocycles. The molecule has 0 fully saturated rings. The fraction of sp³-hybridized carbons (Fsp3) is 0.0455. The van der Waals surface area contributed by atoms with Crippen LogP contribution in [0.25, 0.3) is 0 Å². The van der Waals surface area contributed by atoms with Crippen LogP contribution in [0.3, 0.4) is 0 Å². The summed E-state index contributed by atoms with van der Waals surface area (Å²) in [6, 6.07) is 16.8. The number of nitrogens with zero attached hydrogens (tertiary/aromatic N) is 1. The number of hydrogen-bond donors (Lipinski definition) is 1. The fourth-order valence-electron chi connectivity index (χ4n) is 2.40. The molecule has 0 saturated carbocycles. The van der Waals surface area contributed by atoms with Crippen LogP contribution in [0.5, 0.6) is 11.5 Å². The van der Waals surface area contributed by atoms with E-state index in [1.165, 1.54) is 6.21 Å². The van der Waals surface area contributed by atoms with E-state index in [1.807, 2.05) is 0 Å². The highest BCUT2D eigenvalue weighted by Gasteiger charge is 2.12. The molecule has 32 heavy (non-hydrogen) atoms. The van der Waals surface area contributed by atoms with Crippen LogP contribution in [0.2, 0.25) is 5.02 Å². The summed E-state index contributed by atoms with van der Waals surface area (Å²) in [6.45, 7) is -0.249. The molecule has 0 aliphatic heterocycles. The molecular formula is C22H14Br3ClN2O4. The molecular weight excluding hydrogens is 631 g/mol. The smallest absolute Gasteiger partial charge is 0.343 e. The van der Waals surface area contributed by atoms with E-state index in [9.17, 15) is 9.59 Å². The molecule has 0 aromatic heterocycles. The summed E-state index contributed by atoms with van der Waals surface area (Å²) < 4.78 is 13.2. The lowest BCUT2D eigenvalue weighted by atomic mass is 10.2. The lowest BCUT2D eigenvalue weighted by Crippen LogP contribution is -2.24. The van der Waals surface area contributed by atoms with E-state index in [4.69, 9.17) is 21.1 Å². The number of carbonyl (C=O) groups is 2. The Balaban J connectivity index is 1.62. The van der Waals surface area contributed by atoms with E-state index in [-0.39, 0.29) is 6.61 Å². The van der Waals surface area contributed by atoms with Gasteiger partial charge in [0.25, 0.3) is 5.91 Å². The maximum Gasteiger partial charge on any atom is 0.343 e. The van der Waals surface area contributed by atoms with Gasteiger partial charge in [-0.25, -0.2) is 10.2 Å². The molecule has 1 N–H and O–H groups in total. The first-order valence-electron chi connectivity index (χ1n) is 8.99. The normalized spacial score (nSPS) is 10.8. The Bertz CT molecular complexity index is 1170. The van der Waals surface area contributed by atoms with Crippen LogP contribution in [-0.4, -0.2) is 24.7 Å². The van der Waals surface area contributed by atoms with E-state index < -0.39 is 11.9 Å². The van der Waals surface area contributed by atoms with Crippen molar-refractivity contribution in [3.05, 3.63) is 90.2 Å². The number of rotatable bonds is 7. The second-order valence-corrected chi connectivity index (χ2v) is 9.36. The van der Waals surface area contributed by atoms with Gasteiger partial charge in [-0.1, -0.05) is 43.5 Å². The SMILES string of the molecule is O=C(COc1ccc(Cl)cc1Br)N/N=C\c1cc(Br)ccc1OC(=O)c1ccc(Br)cc1. The van der Waals surface area contributed by atoms with E-state index in [0.717, 1.165) is 8.95 Å². The number of hydrazone groups is 1. The van der Waals surface area contributed by atoms with E-state index in [2.05, 4.69) is 58.3 Å². The lowest BCUT2D eigenvalue weighted by Gasteiger charge is -2.09. The van der Waals surface area contributed by atoms with Gasteiger partial charge in [-0.3, -0.25) is 4.79 Å². The van der Waals surface area contributed by atoms with Crippen molar-refractivity contribution in [2.45, 2.75) is 0 Å². The van der Waals surface area contributed by atoms with Gasteiger partial charge in [0.1, 0.15) is 11.5 Å². The molecule has 1 amide bonds. The predicted molar refractivity (Wildman–Crippen MR) is 134 cm³/mol. The highest BCUT2D eigenvalue weighted by molar-refractivity contribution is 9.11. The van der Waals surface area contributed by atoms with Crippen molar-refractivity contribution < 1.29 is 19.1 Å². The number of halogens is 4. The molecule has 0 saturated heterocycles. The third kappa shape index (κ3) is 7.16. The number of nitrogens with one attached hydrogen (secondary N) is 1. The van der Waals surface area contributed by atoms with E-state index in [0.29, 0.717) is 32.1 Å². The number of amides is 1.